The normalized spacial score (nSPS) is 13.8. The molecule has 0 saturated carbocycles. The number of thiophene rings is 1. The molecule has 196 valence electrons. The number of aromatic nitrogens is 2. The standard InChI is InChI=1S/C39H24N2S/c1-2-9-24(10-3-1)25-11-6-12-26(20-19-25)38-39(41-33-16-5-4-15-32(33)40-38)27-21-22-28-29-13-7-17-34-36(29)37-30(31(28)23-27)14-8-18-35(37)42-34/h1-19,21-23H,20H2. The van der Waals surface area contributed by atoms with Gasteiger partial charge in [0.1, 0.15) is 0 Å². The summed E-state index contributed by atoms with van der Waals surface area (Å²) in [5.41, 5.74) is 8.38. The highest BCUT2D eigenvalue weighted by Crippen LogP contribution is 2.45. The first kappa shape index (κ1) is 23.6. The number of para-hydroxylation sites is 2. The molecule has 0 bridgehead atoms. The molecule has 0 radical (unpaired) electrons. The lowest BCUT2D eigenvalue weighted by Gasteiger charge is -2.14. The average Bonchev–Trinajstić information content (AvgIpc) is 3.26. The molecule has 0 spiro atoms. The molecule has 2 aromatic heterocycles. The highest BCUT2D eigenvalue weighted by Gasteiger charge is 2.19. The molecule has 1 aliphatic carbocycles. The van der Waals surface area contributed by atoms with Gasteiger partial charge in [-0.05, 0) is 75.0 Å². The second-order valence-electron chi connectivity index (χ2n) is 10.9. The van der Waals surface area contributed by atoms with Gasteiger partial charge in [-0.25, -0.2) is 9.97 Å². The minimum Gasteiger partial charge on any atom is -0.244 e. The van der Waals surface area contributed by atoms with Gasteiger partial charge in [0.15, 0.2) is 0 Å². The fourth-order valence-electron chi connectivity index (χ4n) is 6.53. The third kappa shape index (κ3) is 3.57. The van der Waals surface area contributed by atoms with E-state index in [4.69, 9.17) is 9.97 Å². The van der Waals surface area contributed by atoms with Gasteiger partial charge in [0.25, 0.3) is 0 Å². The predicted octanol–water partition coefficient (Wildman–Crippen LogP) is 10.8. The Bertz CT molecular complexity index is 2430. The minimum absolute atomic E-state index is 0.780. The molecule has 6 aromatic carbocycles. The summed E-state index contributed by atoms with van der Waals surface area (Å²) in [4.78, 5) is 10.5. The molecular weight excluding hydrogens is 529 g/mol. The second-order valence-corrected chi connectivity index (χ2v) is 12.0. The van der Waals surface area contributed by atoms with Crippen LogP contribution in [0.5, 0.6) is 0 Å². The van der Waals surface area contributed by atoms with Crippen molar-refractivity contribution in [2.75, 3.05) is 0 Å². The molecule has 3 heteroatoms. The summed E-state index contributed by atoms with van der Waals surface area (Å²) in [6.07, 6.45) is 9.62. The number of fused-ring (bicyclic) bond motifs is 4. The molecular formula is C39H24N2S. The lowest BCUT2D eigenvalue weighted by molar-refractivity contribution is 1.22. The first-order valence-corrected chi connectivity index (χ1v) is 15.1. The Hall–Kier alpha value is -5.12. The van der Waals surface area contributed by atoms with E-state index in [-0.39, 0.29) is 0 Å². The highest BCUT2D eigenvalue weighted by molar-refractivity contribution is 7.26. The van der Waals surface area contributed by atoms with Crippen molar-refractivity contribution in [3.63, 3.8) is 0 Å². The molecule has 9 rings (SSSR count). The zero-order valence-electron chi connectivity index (χ0n) is 22.7. The average molecular weight is 553 g/mol. The smallest absolute Gasteiger partial charge is 0.0970 e. The van der Waals surface area contributed by atoms with Gasteiger partial charge in [-0.15, -0.1) is 11.3 Å². The molecule has 0 aliphatic heterocycles. The van der Waals surface area contributed by atoms with Gasteiger partial charge in [-0.1, -0.05) is 103 Å². The fraction of sp³-hybridized carbons (Fsp3) is 0.0256. The molecule has 2 nitrogen and oxygen atoms in total. The number of rotatable bonds is 3. The molecule has 0 N–H and O–H groups in total. The van der Waals surface area contributed by atoms with E-state index < -0.39 is 0 Å². The maximum absolute atomic E-state index is 5.25. The number of benzene rings is 6. The van der Waals surface area contributed by atoms with Crippen LogP contribution >= 0.6 is 11.3 Å². The molecule has 0 atom stereocenters. The Labute approximate surface area is 246 Å². The highest BCUT2D eigenvalue weighted by atomic mass is 32.1. The van der Waals surface area contributed by atoms with Gasteiger partial charge in [-0.2, -0.15) is 0 Å². The van der Waals surface area contributed by atoms with E-state index in [2.05, 4.69) is 121 Å². The summed E-state index contributed by atoms with van der Waals surface area (Å²) in [6, 6.07) is 39.0. The van der Waals surface area contributed by atoms with E-state index in [1.807, 2.05) is 23.5 Å². The SMILES string of the molecule is C1=CC(c2ccccc2)=CCC(c2nc3ccccc3nc2-c2ccc3c(c2)c2cccc4sc5cccc3c5c42)=C1. The number of hydrogen-bond acceptors (Lipinski definition) is 3. The summed E-state index contributed by atoms with van der Waals surface area (Å²) in [5.74, 6) is 0. The van der Waals surface area contributed by atoms with E-state index in [1.54, 1.807) is 0 Å². The lowest BCUT2D eigenvalue weighted by Crippen LogP contribution is -1.99. The maximum Gasteiger partial charge on any atom is 0.0970 e. The molecule has 0 amide bonds. The summed E-state index contributed by atoms with van der Waals surface area (Å²) in [7, 11) is 0. The molecule has 2 heterocycles. The van der Waals surface area contributed by atoms with Crippen LogP contribution in [0.4, 0.5) is 0 Å². The molecule has 8 aromatic rings. The van der Waals surface area contributed by atoms with Crippen LogP contribution in [0.2, 0.25) is 0 Å². The second kappa shape index (κ2) is 9.20. The fourth-order valence-corrected chi connectivity index (χ4v) is 7.69. The van der Waals surface area contributed by atoms with Crippen LogP contribution in [0.3, 0.4) is 0 Å². The van der Waals surface area contributed by atoms with Crippen molar-refractivity contribution in [1.82, 2.24) is 9.97 Å². The first-order valence-electron chi connectivity index (χ1n) is 14.3. The van der Waals surface area contributed by atoms with Crippen LogP contribution in [0.15, 0.2) is 133 Å². The van der Waals surface area contributed by atoms with Crippen LogP contribution in [0.25, 0.3) is 75.2 Å². The van der Waals surface area contributed by atoms with Crippen molar-refractivity contribution >= 4 is 75.2 Å². The van der Waals surface area contributed by atoms with Crippen molar-refractivity contribution < 1.29 is 0 Å². The van der Waals surface area contributed by atoms with Crippen LogP contribution in [0, 0.1) is 0 Å². The predicted molar refractivity (Wildman–Crippen MR) is 180 cm³/mol. The van der Waals surface area contributed by atoms with Crippen molar-refractivity contribution in [2.24, 2.45) is 0 Å². The monoisotopic (exact) mass is 552 g/mol. The van der Waals surface area contributed by atoms with Crippen molar-refractivity contribution in [2.45, 2.75) is 6.42 Å². The molecule has 1 aliphatic rings. The van der Waals surface area contributed by atoms with Gasteiger partial charge in [0.2, 0.25) is 0 Å². The molecule has 0 saturated heterocycles. The van der Waals surface area contributed by atoms with Crippen LogP contribution in [-0.4, -0.2) is 9.97 Å². The summed E-state index contributed by atoms with van der Waals surface area (Å²) >= 11 is 1.88. The van der Waals surface area contributed by atoms with E-state index >= 15 is 0 Å². The largest absolute Gasteiger partial charge is 0.244 e. The molecule has 0 fully saturated rings. The van der Waals surface area contributed by atoms with E-state index in [0.717, 1.165) is 40.0 Å². The van der Waals surface area contributed by atoms with Crippen molar-refractivity contribution in [3.8, 4) is 11.3 Å². The zero-order chi connectivity index (χ0) is 27.6. The van der Waals surface area contributed by atoms with Crippen LogP contribution < -0.4 is 0 Å². The van der Waals surface area contributed by atoms with Gasteiger partial charge in [-0.3, -0.25) is 0 Å². The summed E-state index contributed by atoms with van der Waals surface area (Å²) in [6.45, 7) is 0. The maximum atomic E-state index is 5.25. The number of hydrogen-bond donors (Lipinski definition) is 0. The number of allylic oxidation sites excluding steroid dienone is 6. The first-order chi connectivity index (χ1) is 20.8. The Balaban J connectivity index is 1.27. The zero-order valence-corrected chi connectivity index (χ0v) is 23.5. The van der Waals surface area contributed by atoms with E-state index in [1.165, 1.54) is 52.9 Å². The van der Waals surface area contributed by atoms with E-state index in [9.17, 15) is 0 Å². The minimum atomic E-state index is 0.780. The quantitative estimate of drug-likeness (QED) is 0.204. The Morgan fingerprint density at radius 1 is 0.548 bits per heavy atom. The molecule has 0 unspecified atom stereocenters. The Morgan fingerprint density at radius 3 is 2.00 bits per heavy atom. The summed E-state index contributed by atoms with van der Waals surface area (Å²) in [5, 5.41) is 7.92. The van der Waals surface area contributed by atoms with Gasteiger partial charge < -0.3 is 0 Å². The third-order valence-corrected chi connectivity index (χ3v) is 9.61. The Morgan fingerprint density at radius 2 is 1.24 bits per heavy atom. The van der Waals surface area contributed by atoms with Gasteiger partial charge in [0, 0.05) is 25.7 Å². The Kier molecular flexibility index (Phi) is 5.16. The summed E-state index contributed by atoms with van der Waals surface area (Å²) < 4.78 is 2.69. The number of nitrogens with zero attached hydrogens (tertiary/aromatic N) is 2. The van der Waals surface area contributed by atoms with E-state index in [0.29, 0.717) is 0 Å². The van der Waals surface area contributed by atoms with Crippen LogP contribution in [0.1, 0.15) is 17.7 Å². The van der Waals surface area contributed by atoms with Crippen molar-refractivity contribution in [3.05, 3.63) is 145 Å². The third-order valence-electron chi connectivity index (χ3n) is 8.49. The molecule has 42 heavy (non-hydrogen) atoms. The topological polar surface area (TPSA) is 25.8 Å². The van der Waals surface area contributed by atoms with Crippen LogP contribution in [-0.2, 0) is 0 Å². The van der Waals surface area contributed by atoms with Crippen molar-refractivity contribution in [1.29, 1.82) is 0 Å². The van der Waals surface area contributed by atoms with Gasteiger partial charge >= 0.3 is 0 Å². The van der Waals surface area contributed by atoms with Gasteiger partial charge in [0.05, 0.1) is 22.4 Å². The lowest BCUT2D eigenvalue weighted by atomic mass is 9.92.